The molecular formula is C22H23ClN2O5. The lowest BCUT2D eigenvalue weighted by Gasteiger charge is -2.26. The van der Waals surface area contributed by atoms with Gasteiger partial charge >= 0.3 is 0 Å². The molecule has 1 heterocycles. The van der Waals surface area contributed by atoms with E-state index in [1.165, 1.54) is 24.1 Å². The molecule has 2 N–H and O–H groups in total. The summed E-state index contributed by atoms with van der Waals surface area (Å²) in [5.41, 5.74) is 0.532. The molecule has 2 aromatic rings. The number of aliphatic hydroxyl groups excluding tert-OH is 1. The molecule has 2 aromatic carbocycles. The van der Waals surface area contributed by atoms with Crippen molar-refractivity contribution in [3.8, 4) is 11.5 Å². The molecule has 158 valence electrons. The molecule has 0 saturated carbocycles. The maximum atomic E-state index is 12.9. The first-order valence-electron chi connectivity index (χ1n) is 9.30. The van der Waals surface area contributed by atoms with Crippen LogP contribution >= 0.6 is 11.6 Å². The Morgan fingerprint density at radius 1 is 1.20 bits per heavy atom. The van der Waals surface area contributed by atoms with E-state index in [0.717, 1.165) is 0 Å². The zero-order chi connectivity index (χ0) is 22.0. The van der Waals surface area contributed by atoms with Crippen LogP contribution in [0.5, 0.6) is 11.5 Å². The number of methoxy groups -OCH3 is 1. The highest BCUT2D eigenvalue weighted by Crippen LogP contribution is 2.41. The van der Waals surface area contributed by atoms with Gasteiger partial charge in [0.05, 0.1) is 24.3 Å². The maximum absolute atomic E-state index is 12.9. The molecular weight excluding hydrogens is 408 g/mol. The third-order valence-electron chi connectivity index (χ3n) is 4.95. The average molecular weight is 431 g/mol. The summed E-state index contributed by atoms with van der Waals surface area (Å²) in [5.74, 6) is -1.85. The molecule has 1 saturated heterocycles. The van der Waals surface area contributed by atoms with Crippen molar-refractivity contribution in [2.24, 2.45) is 0 Å². The van der Waals surface area contributed by atoms with Crippen molar-refractivity contribution < 1.29 is 24.5 Å². The fourth-order valence-electron chi connectivity index (χ4n) is 3.43. The lowest BCUT2D eigenvalue weighted by molar-refractivity contribution is -0.140. The number of phenolic OH excluding ortho intramolecular Hbond substituents is 1. The number of aliphatic hydroxyl groups is 1. The second-order valence-corrected chi connectivity index (χ2v) is 7.67. The van der Waals surface area contributed by atoms with Gasteiger partial charge in [-0.3, -0.25) is 9.59 Å². The van der Waals surface area contributed by atoms with Crippen molar-refractivity contribution in [2.45, 2.75) is 6.04 Å². The first kappa shape index (κ1) is 21.7. The summed E-state index contributed by atoms with van der Waals surface area (Å²) in [6.07, 6.45) is 0. The van der Waals surface area contributed by atoms with Crippen LogP contribution in [-0.2, 0) is 9.59 Å². The van der Waals surface area contributed by atoms with E-state index >= 15 is 0 Å². The molecule has 0 aliphatic carbocycles. The number of nitrogens with zero attached hydrogens (tertiary/aromatic N) is 2. The smallest absolute Gasteiger partial charge is 0.295 e. The van der Waals surface area contributed by atoms with Crippen molar-refractivity contribution in [2.75, 3.05) is 34.3 Å². The Morgan fingerprint density at radius 3 is 2.53 bits per heavy atom. The van der Waals surface area contributed by atoms with Gasteiger partial charge in [0.2, 0.25) is 0 Å². The lowest BCUT2D eigenvalue weighted by atomic mass is 9.95. The maximum Gasteiger partial charge on any atom is 0.295 e. The minimum atomic E-state index is -0.829. The van der Waals surface area contributed by atoms with Crippen LogP contribution in [0.25, 0.3) is 5.76 Å². The molecule has 3 rings (SSSR count). The van der Waals surface area contributed by atoms with Gasteiger partial charge in [-0.15, -0.1) is 0 Å². The van der Waals surface area contributed by atoms with E-state index < -0.39 is 23.5 Å². The number of rotatable bonds is 6. The highest BCUT2D eigenvalue weighted by Gasteiger charge is 2.46. The second kappa shape index (κ2) is 8.77. The van der Waals surface area contributed by atoms with E-state index in [-0.39, 0.29) is 23.4 Å². The van der Waals surface area contributed by atoms with Gasteiger partial charge in [-0.2, -0.15) is 0 Å². The Morgan fingerprint density at radius 2 is 1.93 bits per heavy atom. The minimum Gasteiger partial charge on any atom is -0.507 e. The number of likely N-dealkylation sites (tertiary alicyclic amines) is 1. The zero-order valence-electron chi connectivity index (χ0n) is 16.9. The minimum absolute atomic E-state index is 0.0356. The van der Waals surface area contributed by atoms with Crippen LogP contribution in [0, 0.1) is 0 Å². The molecule has 1 aliphatic rings. The van der Waals surface area contributed by atoms with Crippen LogP contribution in [0.4, 0.5) is 0 Å². The highest BCUT2D eigenvalue weighted by atomic mass is 35.5. The number of likely N-dealkylation sites (N-methyl/N-ethyl adjacent to an activating group) is 1. The van der Waals surface area contributed by atoms with Crippen LogP contribution in [0.15, 0.2) is 48.0 Å². The van der Waals surface area contributed by atoms with Gasteiger partial charge in [0.1, 0.15) is 17.3 Å². The predicted octanol–water partition coefficient (Wildman–Crippen LogP) is 3.04. The average Bonchev–Trinajstić information content (AvgIpc) is 2.96. The van der Waals surface area contributed by atoms with Gasteiger partial charge in [0.15, 0.2) is 0 Å². The van der Waals surface area contributed by atoms with Crippen molar-refractivity contribution in [3.63, 3.8) is 0 Å². The molecule has 0 radical (unpaired) electrons. The third kappa shape index (κ3) is 4.13. The van der Waals surface area contributed by atoms with Crippen LogP contribution in [0.3, 0.4) is 0 Å². The number of phenols is 1. The molecule has 0 spiro atoms. The number of benzene rings is 2. The van der Waals surface area contributed by atoms with Gasteiger partial charge < -0.3 is 24.7 Å². The Kier molecular flexibility index (Phi) is 6.34. The summed E-state index contributed by atoms with van der Waals surface area (Å²) in [7, 11) is 5.17. The second-order valence-electron chi connectivity index (χ2n) is 7.23. The summed E-state index contributed by atoms with van der Waals surface area (Å²) in [5, 5.41) is 21.8. The first-order valence-corrected chi connectivity index (χ1v) is 9.68. The number of halogens is 1. The molecule has 1 fully saturated rings. The van der Waals surface area contributed by atoms with E-state index in [0.29, 0.717) is 22.9 Å². The van der Waals surface area contributed by atoms with Crippen molar-refractivity contribution in [3.05, 3.63) is 64.2 Å². The molecule has 1 atom stereocenters. The summed E-state index contributed by atoms with van der Waals surface area (Å²) in [4.78, 5) is 29.0. The Bertz CT molecular complexity index is 1020. The monoisotopic (exact) mass is 430 g/mol. The largest absolute Gasteiger partial charge is 0.507 e. The van der Waals surface area contributed by atoms with Crippen LogP contribution in [0.1, 0.15) is 17.2 Å². The van der Waals surface area contributed by atoms with Crippen LogP contribution in [0.2, 0.25) is 5.02 Å². The van der Waals surface area contributed by atoms with E-state index in [1.807, 2.05) is 19.0 Å². The normalized spacial score (nSPS) is 18.3. The van der Waals surface area contributed by atoms with Gasteiger partial charge in [-0.1, -0.05) is 23.7 Å². The van der Waals surface area contributed by atoms with Gasteiger partial charge in [0.25, 0.3) is 11.7 Å². The predicted molar refractivity (Wildman–Crippen MR) is 114 cm³/mol. The van der Waals surface area contributed by atoms with E-state index in [2.05, 4.69) is 0 Å². The lowest BCUT2D eigenvalue weighted by Crippen LogP contribution is -2.35. The summed E-state index contributed by atoms with van der Waals surface area (Å²) < 4.78 is 5.06. The zero-order valence-corrected chi connectivity index (χ0v) is 17.7. The Labute approximate surface area is 179 Å². The van der Waals surface area contributed by atoms with E-state index in [4.69, 9.17) is 16.3 Å². The molecule has 8 heteroatoms. The topological polar surface area (TPSA) is 90.3 Å². The molecule has 0 unspecified atom stereocenters. The molecule has 7 nitrogen and oxygen atoms in total. The van der Waals surface area contributed by atoms with E-state index in [1.54, 1.807) is 30.3 Å². The number of Topliss-reactive ketones (excluding diaryl/α,β-unsaturated/α-hetero) is 1. The number of ether oxygens (including phenoxy) is 1. The number of carbonyl (C=O) groups excluding carboxylic acids is 2. The fourth-order valence-corrected chi connectivity index (χ4v) is 3.62. The molecule has 0 aromatic heterocycles. The summed E-state index contributed by atoms with van der Waals surface area (Å²) in [6, 6.07) is 10.3. The Balaban J connectivity index is 2.17. The van der Waals surface area contributed by atoms with E-state index in [9.17, 15) is 19.8 Å². The van der Waals surface area contributed by atoms with Gasteiger partial charge in [-0.25, -0.2) is 0 Å². The first-order chi connectivity index (χ1) is 14.2. The summed E-state index contributed by atoms with van der Waals surface area (Å²) in [6.45, 7) is 0.804. The number of hydrogen-bond donors (Lipinski definition) is 2. The number of amides is 1. The Hall–Kier alpha value is -3.03. The van der Waals surface area contributed by atoms with Gasteiger partial charge in [0, 0.05) is 24.2 Å². The molecule has 30 heavy (non-hydrogen) atoms. The number of ketones is 1. The summed E-state index contributed by atoms with van der Waals surface area (Å²) >= 11 is 6.15. The number of aromatic hydroxyl groups is 1. The van der Waals surface area contributed by atoms with Crippen molar-refractivity contribution in [1.82, 2.24) is 9.80 Å². The van der Waals surface area contributed by atoms with Gasteiger partial charge in [-0.05, 0) is 43.9 Å². The molecule has 1 aliphatic heterocycles. The SMILES string of the molecule is COc1ccc(C(O)=C2C(=O)C(=O)N(CCN(C)C)[C@H]2c2cccc(Cl)c2)c(O)c1. The van der Waals surface area contributed by atoms with Crippen molar-refractivity contribution >= 4 is 29.1 Å². The third-order valence-corrected chi connectivity index (χ3v) is 5.19. The van der Waals surface area contributed by atoms with Crippen LogP contribution < -0.4 is 4.74 Å². The fraction of sp³-hybridized carbons (Fsp3) is 0.273. The molecule has 0 bridgehead atoms. The standard InChI is InChI=1S/C22H23ClN2O5/c1-24(2)9-10-25-19(13-5-4-6-14(23)11-13)18(21(28)22(25)29)20(27)16-8-7-15(30-3)12-17(16)26/h4-8,11-12,19,26-27H,9-10H2,1-3H3/t19-/m0/s1. The quantitative estimate of drug-likeness (QED) is 0.416. The highest BCUT2D eigenvalue weighted by molar-refractivity contribution is 6.46. The van der Waals surface area contributed by atoms with Crippen molar-refractivity contribution in [1.29, 1.82) is 0 Å². The molecule has 1 amide bonds. The number of hydrogen-bond acceptors (Lipinski definition) is 6. The van der Waals surface area contributed by atoms with Crippen LogP contribution in [-0.4, -0.2) is 66.0 Å². The number of carbonyl (C=O) groups is 2.